The molecule has 176 valence electrons. The largest absolute Gasteiger partial charge is 0.480 e. The third-order valence-electron chi connectivity index (χ3n) is 6.17. The van der Waals surface area contributed by atoms with Crippen LogP contribution in [0.3, 0.4) is 0 Å². The molecule has 0 bridgehead atoms. The third kappa shape index (κ3) is 5.92. The smallest absolute Gasteiger partial charge is 0.407 e. The summed E-state index contributed by atoms with van der Waals surface area (Å²) in [4.78, 5) is 37.4. The molecular weight excluding hydrogens is 420 g/mol. The van der Waals surface area contributed by atoms with Gasteiger partial charge in [-0.2, -0.15) is 0 Å². The Hall–Kier alpha value is -3.35. The van der Waals surface area contributed by atoms with E-state index < -0.39 is 12.1 Å². The van der Waals surface area contributed by atoms with E-state index in [0.717, 1.165) is 11.1 Å². The van der Waals surface area contributed by atoms with Crippen LogP contribution < -0.4 is 5.32 Å². The molecule has 1 unspecified atom stereocenters. The SMILES string of the molecule is CCC(CNC(=O)OCC1c2ccccc2-c2ccccc21)CC(=O)N(CC(=O)O)C(C)C. The Morgan fingerprint density at radius 1 is 1.03 bits per heavy atom. The molecule has 0 fully saturated rings. The zero-order valence-corrected chi connectivity index (χ0v) is 19.4. The van der Waals surface area contributed by atoms with E-state index in [1.165, 1.54) is 16.0 Å². The van der Waals surface area contributed by atoms with Crippen LogP contribution in [0.4, 0.5) is 4.79 Å². The number of aliphatic carboxylic acids is 1. The van der Waals surface area contributed by atoms with Crippen molar-refractivity contribution >= 4 is 18.0 Å². The average molecular weight is 453 g/mol. The minimum atomic E-state index is -1.04. The maximum Gasteiger partial charge on any atom is 0.407 e. The highest BCUT2D eigenvalue weighted by molar-refractivity contribution is 5.82. The van der Waals surface area contributed by atoms with E-state index >= 15 is 0 Å². The number of amides is 2. The van der Waals surface area contributed by atoms with Crippen LogP contribution in [0.1, 0.15) is 50.7 Å². The van der Waals surface area contributed by atoms with Crippen LogP contribution in [0.2, 0.25) is 0 Å². The Kier molecular flexibility index (Phi) is 8.09. The van der Waals surface area contributed by atoms with Crippen LogP contribution >= 0.6 is 0 Å². The quantitative estimate of drug-likeness (QED) is 0.561. The average Bonchev–Trinajstić information content (AvgIpc) is 3.12. The van der Waals surface area contributed by atoms with E-state index in [0.29, 0.717) is 6.42 Å². The highest BCUT2D eigenvalue weighted by atomic mass is 16.5. The fourth-order valence-electron chi connectivity index (χ4n) is 4.31. The number of carboxylic acids is 1. The molecule has 2 aromatic rings. The Balaban J connectivity index is 1.54. The number of benzene rings is 2. The molecule has 1 aliphatic carbocycles. The highest BCUT2D eigenvalue weighted by Gasteiger charge is 2.29. The number of rotatable bonds is 10. The number of nitrogens with one attached hydrogen (secondary N) is 1. The summed E-state index contributed by atoms with van der Waals surface area (Å²) in [6, 6.07) is 16.1. The van der Waals surface area contributed by atoms with Crippen molar-refractivity contribution in [3.05, 3.63) is 59.7 Å². The summed E-state index contributed by atoms with van der Waals surface area (Å²) in [6.45, 7) is 5.71. The van der Waals surface area contributed by atoms with Crippen molar-refractivity contribution in [3.63, 3.8) is 0 Å². The predicted octanol–water partition coefficient (Wildman–Crippen LogP) is 4.26. The zero-order chi connectivity index (χ0) is 24.0. The Morgan fingerprint density at radius 3 is 2.12 bits per heavy atom. The van der Waals surface area contributed by atoms with Gasteiger partial charge < -0.3 is 20.1 Å². The number of carbonyl (C=O) groups is 3. The number of nitrogens with zero attached hydrogens (tertiary/aromatic N) is 1. The van der Waals surface area contributed by atoms with Crippen LogP contribution in [-0.4, -0.2) is 53.7 Å². The van der Waals surface area contributed by atoms with Gasteiger partial charge in [0.05, 0.1) is 0 Å². The first-order valence-corrected chi connectivity index (χ1v) is 11.4. The van der Waals surface area contributed by atoms with Crippen molar-refractivity contribution in [2.24, 2.45) is 5.92 Å². The molecular formula is C26H32N2O5. The summed E-state index contributed by atoms with van der Waals surface area (Å²) < 4.78 is 5.55. The molecule has 2 aromatic carbocycles. The fourth-order valence-corrected chi connectivity index (χ4v) is 4.31. The molecule has 0 heterocycles. The van der Waals surface area contributed by atoms with Crippen LogP contribution in [0, 0.1) is 5.92 Å². The van der Waals surface area contributed by atoms with Gasteiger partial charge in [0.25, 0.3) is 0 Å². The topological polar surface area (TPSA) is 95.9 Å². The summed E-state index contributed by atoms with van der Waals surface area (Å²) in [5.74, 6) is -1.38. The van der Waals surface area contributed by atoms with Crippen LogP contribution in [0.15, 0.2) is 48.5 Å². The van der Waals surface area contributed by atoms with Gasteiger partial charge in [-0.1, -0.05) is 61.9 Å². The fraction of sp³-hybridized carbons (Fsp3) is 0.423. The van der Waals surface area contributed by atoms with E-state index in [9.17, 15) is 14.4 Å². The maximum absolute atomic E-state index is 12.6. The highest BCUT2D eigenvalue weighted by Crippen LogP contribution is 2.44. The van der Waals surface area contributed by atoms with Crippen molar-refractivity contribution in [3.8, 4) is 11.1 Å². The van der Waals surface area contributed by atoms with Crippen molar-refractivity contribution in [2.45, 2.75) is 45.6 Å². The molecule has 0 saturated heterocycles. The van der Waals surface area contributed by atoms with Gasteiger partial charge in [-0.25, -0.2) is 4.79 Å². The lowest BCUT2D eigenvalue weighted by Crippen LogP contribution is -2.42. The summed E-state index contributed by atoms with van der Waals surface area (Å²) in [5, 5.41) is 11.8. The Bertz CT molecular complexity index is 958. The lowest BCUT2D eigenvalue weighted by atomic mass is 9.98. The number of hydrogen-bond donors (Lipinski definition) is 2. The minimum absolute atomic E-state index is 0.0117. The maximum atomic E-state index is 12.6. The predicted molar refractivity (Wildman–Crippen MR) is 126 cm³/mol. The number of alkyl carbamates (subject to hydrolysis) is 1. The second-order valence-electron chi connectivity index (χ2n) is 8.69. The molecule has 7 heteroatoms. The van der Waals surface area contributed by atoms with Crippen molar-refractivity contribution in [1.82, 2.24) is 10.2 Å². The molecule has 1 atom stereocenters. The summed E-state index contributed by atoms with van der Waals surface area (Å²) in [7, 11) is 0. The molecule has 0 aliphatic heterocycles. The first-order chi connectivity index (χ1) is 15.8. The monoisotopic (exact) mass is 452 g/mol. The molecule has 0 aromatic heterocycles. The number of ether oxygens (including phenoxy) is 1. The summed E-state index contributed by atoms with van der Waals surface area (Å²) in [5.41, 5.74) is 4.64. The van der Waals surface area contributed by atoms with Crippen LogP contribution in [0.25, 0.3) is 11.1 Å². The van der Waals surface area contributed by atoms with E-state index in [4.69, 9.17) is 9.84 Å². The molecule has 1 aliphatic rings. The van der Waals surface area contributed by atoms with Gasteiger partial charge in [-0.15, -0.1) is 0 Å². The van der Waals surface area contributed by atoms with Crippen molar-refractivity contribution in [1.29, 1.82) is 0 Å². The summed E-state index contributed by atoms with van der Waals surface area (Å²) in [6.07, 6.45) is 0.328. The van der Waals surface area contributed by atoms with Gasteiger partial charge in [-0.3, -0.25) is 9.59 Å². The van der Waals surface area contributed by atoms with Crippen LogP contribution in [-0.2, 0) is 14.3 Å². The van der Waals surface area contributed by atoms with Crippen molar-refractivity contribution < 1.29 is 24.2 Å². The number of carboxylic acid groups (broad SMARTS) is 1. The molecule has 0 radical (unpaired) electrons. The Labute approximate surface area is 194 Å². The molecule has 2 amide bonds. The van der Waals surface area contributed by atoms with Gasteiger partial charge in [-0.05, 0) is 42.0 Å². The van der Waals surface area contributed by atoms with E-state index in [1.54, 1.807) is 13.8 Å². The second kappa shape index (κ2) is 11.0. The second-order valence-corrected chi connectivity index (χ2v) is 8.69. The van der Waals surface area contributed by atoms with E-state index in [2.05, 4.69) is 29.6 Å². The molecule has 2 N–H and O–H groups in total. The van der Waals surface area contributed by atoms with Gasteiger partial charge >= 0.3 is 12.1 Å². The van der Waals surface area contributed by atoms with E-state index in [1.807, 2.05) is 31.2 Å². The molecule has 33 heavy (non-hydrogen) atoms. The van der Waals surface area contributed by atoms with Crippen LogP contribution in [0.5, 0.6) is 0 Å². The number of fused-ring (bicyclic) bond motifs is 3. The molecule has 7 nitrogen and oxygen atoms in total. The zero-order valence-electron chi connectivity index (χ0n) is 19.4. The first kappa shape index (κ1) is 24.3. The lowest BCUT2D eigenvalue weighted by Gasteiger charge is -2.27. The van der Waals surface area contributed by atoms with Gasteiger partial charge in [0, 0.05) is 24.9 Å². The van der Waals surface area contributed by atoms with E-state index in [-0.39, 0.29) is 49.9 Å². The standard InChI is InChI=1S/C26H32N2O5/c1-4-18(13-24(29)28(17(2)3)15-25(30)31)14-27-26(32)33-16-23-21-11-7-5-9-19(21)20-10-6-8-12-22(20)23/h5-12,17-18,23H,4,13-16H2,1-3H3,(H,27,32)(H,30,31). The molecule has 0 spiro atoms. The first-order valence-electron chi connectivity index (χ1n) is 11.4. The van der Waals surface area contributed by atoms with Gasteiger partial charge in [0.2, 0.25) is 5.91 Å². The number of hydrogen-bond acceptors (Lipinski definition) is 4. The van der Waals surface area contributed by atoms with Gasteiger partial charge in [0.15, 0.2) is 0 Å². The van der Waals surface area contributed by atoms with Crippen molar-refractivity contribution in [2.75, 3.05) is 19.7 Å². The number of carbonyl (C=O) groups excluding carboxylic acids is 2. The van der Waals surface area contributed by atoms with Gasteiger partial charge in [0.1, 0.15) is 13.2 Å². The Morgan fingerprint density at radius 2 is 1.61 bits per heavy atom. The third-order valence-corrected chi connectivity index (χ3v) is 6.17. The summed E-state index contributed by atoms with van der Waals surface area (Å²) >= 11 is 0. The normalized spacial score (nSPS) is 13.2. The lowest BCUT2D eigenvalue weighted by molar-refractivity contribution is -0.146. The minimum Gasteiger partial charge on any atom is -0.480 e. The molecule has 0 saturated carbocycles. The molecule has 3 rings (SSSR count).